The molecule has 1 aromatic rings. The van der Waals surface area contributed by atoms with Gasteiger partial charge in [-0.2, -0.15) is 0 Å². The number of nitro groups is 1. The zero-order valence-corrected chi connectivity index (χ0v) is 18.3. The molecular formula is C21H29N3O7. The van der Waals surface area contributed by atoms with E-state index in [9.17, 15) is 19.7 Å². The van der Waals surface area contributed by atoms with Crippen molar-refractivity contribution in [3.05, 3.63) is 39.1 Å². The van der Waals surface area contributed by atoms with Crippen LogP contribution in [0.1, 0.15) is 58.1 Å². The number of benzene rings is 1. The molecule has 1 heterocycles. The van der Waals surface area contributed by atoms with Crippen LogP contribution in [0.15, 0.2) is 23.4 Å². The summed E-state index contributed by atoms with van der Waals surface area (Å²) in [5, 5.41) is 16.9. The van der Waals surface area contributed by atoms with Gasteiger partial charge in [-0.15, -0.1) is 0 Å². The SMILES string of the molecule is CCCCCCOc1c(OC)cc(C2NC(=O)NC(C)=C2C(=O)OCC)cc1[N+](=O)[O-]. The molecule has 0 aliphatic carbocycles. The van der Waals surface area contributed by atoms with Gasteiger partial charge in [-0.3, -0.25) is 10.1 Å². The third-order valence-corrected chi connectivity index (χ3v) is 4.82. The predicted octanol–water partition coefficient (Wildman–Crippen LogP) is 3.75. The molecule has 1 aliphatic rings. The summed E-state index contributed by atoms with van der Waals surface area (Å²) in [7, 11) is 1.38. The van der Waals surface area contributed by atoms with E-state index in [4.69, 9.17) is 14.2 Å². The van der Waals surface area contributed by atoms with Crippen molar-refractivity contribution < 1.29 is 28.7 Å². The Balaban J connectivity index is 2.46. The van der Waals surface area contributed by atoms with Gasteiger partial charge in [0.25, 0.3) is 0 Å². The Morgan fingerprint density at radius 3 is 2.58 bits per heavy atom. The summed E-state index contributed by atoms with van der Waals surface area (Å²) in [6.45, 7) is 5.78. The van der Waals surface area contributed by atoms with Crippen LogP contribution >= 0.6 is 0 Å². The minimum Gasteiger partial charge on any atom is -0.493 e. The first-order chi connectivity index (χ1) is 14.8. The molecule has 2 N–H and O–H groups in total. The van der Waals surface area contributed by atoms with Gasteiger partial charge in [0, 0.05) is 11.8 Å². The van der Waals surface area contributed by atoms with Gasteiger partial charge in [-0.05, 0) is 31.9 Å². The second-order valence-electron chi connectivity index (χ2n) is 7.03. The average molecular weight is 435 g/mol. The molecule has 0 bridgehead atoms. The fraction of sp³-hybridized carbons (Fsp3) is 0.524. The highest BCUT2D eigenvalue weighted by Crippen LogP contribution is 2.41. The number of carbonyl (C=O) groups is 2. The summed E-state index contributed by atoms with van der Waals surface area (Å²) in [6, 6.07) is 1.33. The molecule has 2 rings (SSSR count). The molecular weight excluding hydrogens is 406 g/mol. The van der Waals surface area contributed by atoms with Crippen molar-refractivity contribution in [2.24, 2.45) is 0 Å². The molecule has 1 aliphatic heterocycles. The first kappa shape index (κ1) is 24.0. The number of amides is 2. The monoisotopic (exact) mass is 435 g/mol. The molecule has 1 unspecified atom stereocenters. The lowest BCUT2D eigenvalue weighted by atomic mass is 9.94. The van der Waals surface area contributed by atoms with Crippen LogP contribution in [0, 0.1) is 10.1 Å². The first-order valence-corrected chi connectivity index (χ1v) is 10.3. The number of ether oxygens (including phenoxy) is 3. The van der Waals surface area contributed by atoms with Crippen molar-refractivity contribution >= 4 is 17.7 Å². The maximum atomic E-state index is 12.5. The van der Waals surface area contributed by atoms with Gasteiger partial charge in [-0.1, -0.05) is 26.2 Å². The standard InChI is InChI=1S/C21H29N3O7/c1-5-7-8-9-10-31-19-15(24(27)28)11-14(12-16(19)29-4)18-17(20(25)30-6-2)13(3)22-21(26)23-18/h11-12,18H,5-10H2,1-4H3,(H2,22,23,26). The van der Waals surface area contributed by atoms with Crippen molar-refractivity contribution in [2.75, 3.05) is 20.3 Å². The molecule has 0 fully saturated rings. The summed E-state index contributed by atoms with van der Waals surface area (Å²) in [5.41, 5.74) is 0.466. The van der Waals surface area contributed by atoms with Crippen LogP contribution < -0.4 is 20.1 Å². The number of rotatable bonds is 11. The number of hydrogen-bond donors (Lipinski definition) is 2. The van der Waals surface area contributed by atoms with Gasteiger partial charge in [0.2, 0.25) is 5.75 Å². The van der Waals surface area contributed by atoms with E-state index in [1.807, 2.05) is 0 Å². The molecule has 10 nitrogen and oxygen atoms in total. The lowest BCUT2D eigenvalue weighted by Gasteiger charge is -2.28. The smallest absolute Gasteiger partial charge is 0.338 e. The Bertz CT molecular complexity index is 867. The maximum absolute atomic E-state index is 12.5. The van der Waals surface area contributed by atoms with Crippen LogP contribution in [0.2, 0.25) is 0 Å². The molecule has 31 heavy (non-hydrogen) atoms. The Morgan fingerprint density at radius 2 is 1.97 bits per heavy atom. The van der Waals surface area contributed by atoms with Gasteiger partial charge in [0.1, 0.15) is 0 Å². The van der Waals surface area contributed by atoms with E-state index in [-0.39, 0.29) is 29.4 Å². The molecule has 0 spiro atoms. The zero-order chi connectivity index (χ0) is 23.0. The van der Waals surface area contributed by atoms with E-state index >= 15 is 0 Å². The average Bonchev–Trinajstić information content (AvgIpc) is 2.72. The van der Waals surface area contributed by atoms with Crippen molar-refractivity contribution in [3.8, 4) is 11.5 Å². The summed E-state index contributed by atoms with van der Waals surface area (Å²) >= 11 is 0. The highest BCUT2D eigenvalue weighted by molar-refractivity contribution is 5.95. The minimum absolute atomic E-state index is 0.0198. The van der Waals surface area contributed by atoms with Crippen LogP contribution in [0.25, 0.3) is 0 Å². The first-order valence-electron chi connectivity index (χ1n) is 10.3. The largest absolute Gasteiger partial charge is 0.493 e. The number of allylic oxidation sites excluding steroid dienone is 1. The fourth-order valence-corrected chi connectivity index (χ4v) is 3.33. The van der Waals surface area contributed by atoms with E-state index in [1.54, 1.807) is 13.8 Å². The van der Waals surface area contributed by atoms with Crippen LogP contribution in [-0.4, -0.2) is 37.2 Å². The number of nitrogens with one attached hydrogen (secondary N) is 2. The second kappa shape index (κ2) is 11.2. The third kappa shape index (κ3) is 5.87. The van der Waals surface area contributed by atoms with E-state index < -0.39 is 23.0 Å². The molecule has 10 heteroatoms. The molecule has 2 amide bonds. The van der Waals surface area contributed by atoms with E-state index in [0.717, 1.165) is 25.7 Å². The third-order valence-electron chi connectivity index (χ3n) is 4.82. The number of methoxy groups -OCH3 is 1. The Hall–Kier alpha value is -3.30. The van der Waals surface area contributed by atoms with Crippen LogP contribution in [0.4, 0.5) is 10.5 Å². The van der Waals surface area contributed by atoms with Crippen molar-refractivity contribution in [2.45, 2.75) is 52.5 Å². The summed E-state index contributed by atoms with van der Waals surface area (Å²) < 4.78 is 16.2. The highest BCUT2D eigenvalue weighted by atomic mass is 16.6. The van der Waals surface area contributed by atoms with E-state index in [1.165, 1.54) is 19.2 Å². The number of hydrogen-bond acceptors (Lipinski definition) is 7. The molecule has 170 valence electrons. The predicted molar refractivity (Wildman–Crippen MR) is 113 cm³/mol. The maximum Gasteiger partial charge on any atom is 0.338 e. The number of carbonyl (C=O) groups excluding carboxylic acids is 2. The molecule has 0 radical (unpaired) electrons. The summed E-state index contributed by atoms with van der Waals surface area (Å²) in [4.78, 5) is 35.8. The number of urea groups is 1. The summed E-state index contributed by atoms with van der Waals surface area (Å²) in [5.74, 6) is -0.463. The van der Waals surface area contributed by atoms with Crippen molar-refractivity contribution in [1.29, 1.82) is 0 Å². The molecule has 1 aromatic carbocycles. The summed E-state index contributed by atoms with van der Waals surface area (Å²) in [6.07, 6.45) is 3.84. The van der Waals surface area contributed by atoms with Crippen LogP contribution in [-0.2, 0) is 9.53 Å². The number of nitro benzene ring substituents is 1. The van der Waals surface area contributed by atoms with Crippen molar-refractivity contribution in [1.82, 2.24) is 10.6 Å². The second-order valence-corrected chi connectivity index (χ2v) is 7.03. The fourth-order valence-electron chi connectivity index (χ4n) is 3.33. The molecule has 1 atom stereocenters. The lowest BCUT2D eigenvalue weighted by Crippen LogP contribution is -2.45. The number of nitrogens with zero attached hydrogens (tertiary/aromatic N) is 1. The Morgan fingerprint density at radius 1 is 1.23 bits per heavy atom. The highest BCUT2D eigenvalue weighted by Gasteiger charge is 2.34. The normalized spacial score (nSPS) is 15.7. The Kier molecular flexibility index (Phi) is 8.65. The minimum atomic E-state index is -0.945. The van der Waals surface area contributed by atoms with Crippen LogP contribution in [0.5, 0.6) is 11.5 Å². The van der Waals surface area contributed by atoms with E-state index in [0.29, 0.717) is 17.9 Å². The number of unbranched alkanes of at least 4 members (excludes halogenated alkanes) is 3. The van der Waals surface area contributed by atoms with Gasteiger partial charge >= 0.3 is 17.7 Å². The molecule has 0 saturated heterocycles. The lowest BCUT2D eigenvalue weighted by molar-refractivity contribution is -0.386. The van der Waals surface area contributed by atoms with Gasteiger partial charge in [-0.25, -0.2) is 9.59 Å². The molecule has 0 saturated carbocycles. The zero-order valence-electron chi connectivity index (χ0n) is 18.3. The topological polar surface area (TPSA) is 129 Å². The van der Waals surface area contributed by atoms with Gasteiger partial charge in [0.05, 0.1) is 36.9 Å². The van der Waals surface area contributed by atoms with Gasteiger partial charge < -0.3 is 24.8 Å². The number of esters is 1. The Labute approximate surface area is 181 Å². The van der Waals surface area contributed by atoms with Gasteiger partial charge in [0.15, 0.2) is 5.75 Å². The van der Waals surface area contributed by atoms with Crippen molar-refractivity contribution in [3.63, 3.8) is 0 Å². The quantitative estimate of drug-likeness (QED) is 0.234. The van der Waals surface area contributed by atoms with Crippen LogP contribution in [0.3, 0.4) is 0 Å². The molecule has 0 aromatic heterocycles. The van der Waals surface area contributed by atoms with E-state index in [2.05, 4.69) is 17.6 Å².